The molecule has 0 saturated carbocycles. The molecule has 0 radical (unpaired) electrons. The first-order valence-electron chi connectivity index (χ1n) is 4.77. The molecule has 0 bridgehead atoms. The molecule has 0 saturated heterocycles. The van der Waals surface area contributed by atoms with Gasteiger partial charge in [0.25, 0.3) is 0 Å². The third-order valence-electron chi connectivity index (χ3n) is 2.03. The number of para-hydroxylation sites is 1. The molecule has 3 nitrogen and oxygen atoms in total. The summed E-state index contributed by atoms with van der Waals surface area (Å²) in [6, 6.07) is 4.69. The fourth-order valence-electron chi connectivity index (χ4n) is 1.21. The molecule has 0 aliphatic carbocycles. The molecule has 1 rings (SSSR count). The van der Waals surface area contributed by atoms with Gasteiger partial charge in [-0.2, -0.15) is 13.2 Å². The second kappa shape index (κ2) is 5.07. The zero-order valence-electron chi connectivity index (χ0n) is 9.25. The molecule has 1 atom stereocenters. The second-order valence-corrected chi connectivity index (χ2v) is 3.28. The lowest BCUT2D eigenvalue weighted by Crippen LogP contribution is -2.26. The fraction of sp³-hybridized carbons (Fsp3) is 0.364. The molecule has 6 heteroatoms. The van der Waals surface area contributed by atoms with Gasteiger partial charge in [-0.15, -0.1) is 0 Å². The van der Waals surface area contributed by atoms with Crippen molar-refractivity contribution in [1.82, 2.24) is 0 Å². The lowest BCUT2D eigenvalue weighted by atomic mass is 10.2. The van der Waals surface area contributed by atoms with Crippen LogP contribution in [0.25, 0.3) is 0 Å². The van der Waals surface area contributed by atoms with E-state index in [1.807, 2.05) is 0 Å². The molecule has 0 unspecified atom stereocenters. The number of ether oxygens (including phenoxy) is 2. The Labute approximate surface area is 96.1 Å². The lowest BCUT2D eigenvalue weighted by molar-refractivity contribution is -0.150. The van der Waals surface area contributed by atoms with E-state index in [0.29, 0.717) is 0 Å². The highest BCUT2D eigenvalue weighted by molar-refractivity contribution is 5.74. The molecule has 0 spiro atoms. The van der Waals surface area contributed by atoms with E-state index >= 15 is 0 Å². The zero-order valence-corrected chi connectivity index (χ0v) is 9.25. The summed E-state index contributed by atoms with van der Waals surface area (Å²) < 4.78 is 47.1. The second-order valence-electron chi connectivity index (χ2n) is 3.28. The molecule has 0 aromatic heterocycles. The lowest BCUT2D eigenvalue weighted by Gasteiger charge is -2.16. The van der Waals surface area contributed by atoms with E-state index < -0.39 is 29.6 Å². The summed E-state index contributed by atoms with van der Waals surface area (Å²) in [4.78, 5) is 11.0. The number of carbonyl (C=O) groups is 1. The van der Waals surface area contributed by atoms with Crippen LogP contribution in [0.4, 0.5) is 13.2 Å². The van der Waals surface area contributed by atoms with Crippen LogP contribution in [0, 0.1) is 0 Å². The first-order chi connectivity index (χ1) is 7.86. The molecule has 0 fully saturated rings. The standard InChI is InChI=1S/C11H11F3O3/c1-7(10(15)16-2)17-9-6-4-3-5-8(9)11(12,13)14/h3-7H,1-2H3/t7-/m1/s1. The molecule has 94 valence electrons. The van der Waals surface area contributed by atoms with Crippen LogP contribution in [0.1, 0.15) is 12.5 Å². The monoisotopic (exact) mass is 248 g/mol. The normalized spacial score (nSPS) is 13.0. The van der Waals surface area contributed by atoms with E-state index in [1.165, 1.54) is 19.1 Å². The Morgan fingerprint density at radius 1 is 1.29 bits per heavy atom. The highest BCUT2D eigenvalue weighted by atomic mass is 19.4. The minimum absolute atomic E-state index is 0.391. The topological polar surface area (TPSA) is 35.5 Å². The molecular weight excluding hydrogens is 237 g/mol. The summed E-state index contributed by atoms with van der Waals surface area (Å²) in [5, 5.41) is 0. The van der Waals surface area contributed by atoms with E-state index in [0.717, 1.165) is 19.2 Å². The predicted octanol–water partition coefficient (Wildman–Crippen LogP) is 2.65. The molecule has 17 heavy (non-hydrogen) atoms. The zero-order chi connectivity index (χ0) is 13.1. The van der Waals surface area contributed by atoms with Crippen molar-refractivity contribution in [2.75, 3.05) is 7.11 Å². The highest BCUT2D eigenvalue weighted by Crippen LogP contribution is 2.36. The number of methoxy groups -OCH3 is 1. The first-order valence-corrected chi connectivity index (χ1v) is 4.77. The van der Waals surface area contributed by atoms with Gasteiger partial charge in [0.15, 0.2) is 6.10 Å². The van der Waals surface area contributed by atoms with Crippen LogP contribution in [-0.2, 0) is 15.7 Å². The molecule has 1 aromatic carbocycles. The average molecular weight is 248 g/mol. The van der Waals surface area contributed by atoms with Crippen LogP contribution in [0.2, 0.25) is 0 Å². The Morgan fingerprint density at radius 2 is 1.88 bits per heavy atom. The maximum Gasteiger partial charge on any atom is 0.419 e. The number of esters is 1. The Bertz CT molecular complexity index is 401. The van der Waals surface area contributed by atoms with Gasteiger partial charge in [-0.3, -0.25) is 0 Å². The minimum Gasteiger partial charge on any atom is -0.478 e. The van der Waals surface area contributed by atoms with Crippen LogP contribution in [0.3, 0.4) is 0 Å². The maximum absolute atomic E-state index is 12.6. The van der Waals surface area contributed by atoms with Gasteiger partial charge in [-0.05, 0) is 19.1 Å². The van der Waals surface area contributed by atoms with Gasteiger partial charge in [0, 0.05) is 0 Å². The van der Waals surface area contributed by atoms with Gasteiger partial charge in [-0.1, -0.05) is 12.1 Å². The molecule has 0 aliphatic rings. The Morgan fingerprint density at radius 3 is 2.41 bits per heavy atom. The van der Waals surface area contributed by atoms with Crippen molar-refractivity contribution in [2.45, 2.75) is 19.2 Å². The quantitative estimate of drug-likeness (QED) is 0.771. The molecule has 0 heterocycles. The summed E-state index contributed by atoms with van der Waals surface area (Å²) in [6.07, 6.45) is -5.62. The first kappa shape index (κ1) is 13.3. The van der Waals surface area contributed by atoms with Crippen LogP contribution < -0.4 is 4.74 Å². The van der Waals surface area contributed by atoms with Gasteiger partial charge >= 0.3 is 12.1 Å². The van der Waals surface area contributed by atoms with Gasteiger partial charge in [-0.25, -0.2) is 4.79 Å². The third kappa shape index (κ3) is 3.37. The van der Waals surface area contributed by atoms with Crippen LogP contribution in [0.15, 0.2) is 24.3 Å². The summed E-state index contributed by atoms with van der Waals surface area (Å²) in [7, 11) is 1.14. The highest BCUT2D eigenvalue weighted by Gasteiger charge is 2.34. The Balaban J connectivity index is 2.95. The number of hydrogen-bond acceptors (Lipinski definition) is 3. The van der Waals surface area contributed by atoms with Crippen molar-refractivity contribution >= 4 is 5.97 Å². The summed E-state index contributed by atoms with van der Waals surface area (Å²) in [5.74, 6) is -1.13. The van der Waals surface area contributed by atoms with Crippen LogP contribution in [-0.4, -0.2) is 19.2 Å². The fourth-order valence-corrected chi connectivity index (χ4v) is 1.21. The van der Waals surface area contributed by atoms with E-state index in [2.05, 4.69) is 4.74 Å². The van der Waals surface area contributed by atoms with Crippen LogP contribution >= 0.6 is 0 Å². The van der Waals surface area contributed by atoms with Gasteiger partial charge in [0.1, 0.15) is 5.75 Å². The van der Waals surface area contributed by atoms with Crippen molar-refractivity contribution in [3.8, 4) is 5.75 Å². The van der Waals surface area contributed by atoms with E-state index in [1.54, 1.807) is 0 Å². The number of alkyl halides is 3. The Kier molecular flexibility index (Phi) is 3.98. The molecule has 0 aliphatic heterocycles. The van der Waals surface area contributed by atoms with Gasteiger partial charge in [0.05, 0.1) is 12.7 Å². The molecule has 0 amide bonds. The molecular formula is C11H11F3O3. The number of benzene rings is 1. The molecule has 1 aromatic rings. The van der Waals surface area contributed by atoms with Crippen molar-refractivity contribution in [3.05, 3.63) is 29.8 Å². The number of rotatable bonds is 3. The maximum atomic E-state index is 12.6. The van der Waals surface area contributed by atoms with Crippen molar-refractivity contribution in [3.63, 3.8) is 0 Å². The SMILES string of the molecule is COC(=O)[C@@H](C)Oc1ccccc1C(F)(F)F. The third-order valence-corrected chi connectivity index (χ3v) is 2.03. The van der Waals surface area contributed by atoms with E-state index in [9.17, 15) is 18.0 Å². The molecule has 0 N–H and O–H groups in total. The summed E-state index contributed by atoms with van der Waals surface area (Å²) in [6.45, 7) is 1.32. The van der Waals surface area contributed by atoms with Crippen molar-refractivity contribution in [1.29, 1.82) is 0 Å². The van der Waals surface area contributed by atoms with Gasteiger partial charge < -0.3 is 9.47 Å². The number of carbonyl (C=O) groups excluding carboxylic acids is 1. The van der Waals surface area contributed by atoms with Gasteiger partial charge in [0.2, 0.25) is 0 Å². The number of halogens is 3. The summed E-state index contributed by atoms with van der Waals surface area (Å²) >= 11 is 0. The van der Waals surface area contributed by atoms with Crippen LogP contribution in [0.5, 0.6) is 5.75 Å². The average Bonchev–Trinajstić information content (AvgIpc) is 2.27. The summed E-state index contributed by atoms with van der Waals surface area (Å²) in [5.41, 5.74) is -0.921. The van der Waals surface area contributed by atoms with E-state index in [-0.39, 0.29) is 0 Å². The minimum atomic E-state index is -4.52. The van der Waals surface area contributed by atoms with E-state index in [4.69, 9.17) is 4.74 Å². The smallest absolute Gasteiger partial charge is 0.419 e. The Hall–Kier alpha value is -1.72. The largest absolute Gasteiger partial charge is 0.478 e. The number of hydrogen-bond donors (Lipinski definition) is 0. The van der Waals surface area contributed by atoms with Crippen molar-refractivity contribution in [2.24, 2.45) is 0 Å². The predicted molar refractivity (Wildman–Crippen MR) is 53.6 cm³/mol. The van der Waals surface area contributed by atoms with Crippen molar-refractivity contribution < 1.29 is 27.4 Å².